The highest BCUT2D eigenvalue weighted by atomic mass is 16.3. The second-order valence-corrected chi connectivity index (χ2v) is 8.13. The fraction of sp³-hybridized carbons (Fsp3) is 0.684. The van der Waals surface area contributed by atoms with Gasteiger partial charge in [-0.05, 0) is 48.9 Å². The lowest BCUT2D eigenvalue weighted by molar-refractivity contribution is 0.00164. The molecule has 0 aromatic heterocycles. The lowest BCUT2D eigenvalue weighted by atomic mass is 9.49. The molecule has 0 bridgehead atoms. The van der Waals surface area contributed by atoms with Crippen molar-refractivity contribution in [3.8, 4) is 0 Å². The lowest BCUT2D eigenvalue weighted by Gasteiger charge is -2.56. The molecular weight excluding hydrogens is 258 g/mol. The van der Waals surface area contributed by atoms with Gasteiger partial charge in [-0.3, -0.25) is 0 Å². The molecule has 0 radical (unpaired) electrons. The molecule has 2 nitrogen and oxygen atoms in total. The van der Waals surface area contributed by atoms with E-state index in [-0.39, 0.29) is 23.0 Å². The summed E-state index contributed by atoms with van der Waals surface area (Å²) in [6.45, 7) is 4.78. The van der Waals surface area contributed by atoms with Crippen molar-refractivity contribution in [2.45, 2.75) is 51.7 Å². The van der Waals surface area contributed by atoms with E-state index >= 15 is 0 Å². The highest BCUT2D eigenvalue weighted by molar-refractivity contribution is 5.34. The van der Waals surface area contributed by atoms with Crippen LogP contribution in [0.2, 0.25) is 0 Å². The molecule has 0 aliphatic heterocycles. The molecule has 0 heterocycles. The Labute approximate surface area is 127 Å². The molecule has 0 saturated heterocycles. The second kappa shape index (κ2) is 4.33. The minimum absolute atomic E-state index is 0.157. The maximum absolute atomic E-state index is 9.93. The molecule has 1 fully saturated rings. The van der Waals surface area contributed by atoms with E-state index in [9.17, 15) is 5.11 Å². The van der Waals surface area contributed by atoms with E-state index < -0.39 is 0 Å². The molecule has 21 heavy (non-hydrogen) atoms. The summed E-state index contributed by atoms with van der Waals surface area (Å²) in [7, 11) is 0. The quantitative estimate of drug-likeness (QED) is 0.671. The second-order valence-electron chi connectivity index (χ2n) is 8.13. The minimum atomic E-state index is -0.283. The van der Waals surface area contributed by atoms with Gasteiger partial charge in [0.25, 0.3) is 0 Å². The lowest BCUT2D eigenvalue weighted by Crippen LogP contribution is -2.51. The molecule has 0 aromatic carbocycles. The van der Waals surface area contributed by atoms with E-state index in [2.05, 4.69) is 38.2 Å². The fourth-order valence-corrected chi connectivity index (χ4v) is 5.73. The first-order chi connectivity index (χ1) is 9.95. The van der Waals surface area contributed by atoms with Gasteiger partial charge in [0.15, 0.2) is 0 Å². The Morgan fingerprint density at radius 2 is 2.05 bits per heavy atom. The predicted octanol–water partition coefficient (Wildman–Crippen LogP) is 3.19. The average Bonchev–Trinajstić information content (AvgIpc) is 2.76. The van der Waals surface area contributed by atoms with Crippen LogP contribution >= 0.6 is 0 Å². The molecule has 114 valence electrons. The van der Waals surface area contributed by atoms with Crippen molar-refractivity contribution in [1.82, 2.24) is 0 Å². The van der Waals surface area contributed by atoms with Gasteiger partial charge in [-0.1, -0.05) is 49.8 Å². The van der Waals surface area contributed by atoms with Crippen LogP contribution in [0.15, 0.2) is 36.0 Å². The Balaban J connectivity index is 1.72. The Morgan fingerprint density at radius 1 is 1.24 bits per heavy atom. The smallest absolute Gasteiger partial charge is 0.0758 e. The third-order valence-corrected chi connectivity index (χ3v) is 7.21. The predicted molar refractivity (Wildman–Crippen MR) is 85.5 cm³/mol. The number of fused-ring (bicyclic) bond motifs is 5. The molecule has 7 atom stereocenters. The standard InChI is InChI=1S/C19H27NO/c1-18-9-7-13(21)11-12(18)3-4-14-15-5-6-17(20)19(15,2)10-8-16(14)18/h3,5-7,9,13-17,21H,4,8,10-11,20H2,1-2H3/t13-,14-,15-,16-,17-,18-,19-/m0/s1. The van der Waals surface area contributed by atoms with Gasteiger partial charge in [0.2, 0.25) is 0 Å². The molecular formula is C19H27NO. The van der Waals surface area contributed by atoms with Crippen LogP contribution in [-0.2, 0) is 0 Å². The Bertz CT molecular complexity index is 548. The SMILES string of the molecule is C[C@]12CC[C@H]3[C@@H](CC=C4C[C@@H](O)C=C[C@@]43C)[C@@H]1C=C[C@@H]2N. The van der Waals surface area contributed by atoms with Gasteiger partial charge in [0, 0.05) is 11.5 Å². The molecule has 4 aliphatic carbocycles. The first kappa shape index (κ1) is 13.8. The van der Waals surface area contributed by atoms with E-state index in [4.69, 9.17) is 5.73 Å². The fourth-order valence-electron chi connectivity index (χ4n) is 5.73. The number of allylic oxidation sites excluding steroid dienone is 3. The summed E-state index contributed by atoms with van der Waals surface area (Å²) in [4.78, 5) is 0. The zero-order valence-corrected chi connectivity index (χ0v) is 13.1. The van der Waals surface area contributed by atoms with Crippen molar-refractivity contribution < 1.29 is 5.11 Å². The number of aliphatic hydroxyl groups excluding tert-OH is 1. The maximum atomic E-state index is 9.93. The van der Waals surface area contributed by atoms with E-state index in [0.29, 0.717) is 17.8 Å². The van der Waals surface area contributed by atoms with Crippen LogP contribution in [0.4, 0.5) is 0 Å². The van der Waals surface area contributed by atoms with Gasteiger partial charge >= 0.3 is 0 Å². The summed E-state index contributed by atoms with van der Waals surface area (Å²) in [5.74, 6) is 2.04. The van der Waals surface area contributed by atoms with Crippen molar-refractivity contribution in [3.05, 3.63) is 36.0 Å². The topological polar surface area (TPSA) is 46.2 Å². The zero-order valence-electron chi connectivity index (χ0n) is 13.1. The van der Waals surface area contributed by atoms with Gasteiger partial charge in [-0.2, -0.15) is 0 Å². The van der Waals surface area contributed by atoms with E-state index in [1.54, 1.807) is 0 Å². The molecule has 0 amide bonds. The molecule has 2 heteroatoms. The van der Waals surface area contributed by atoms with Crippen molar-refractivity contribution in [2.24, 2.45) is 34.3 Å². The Kier molecular flexibility index (Phi) is 2.84. The third-order valence-electron chi connectivity index (χ3n) is 7.21. The normalized spacial score (nSPS) is 54.7. The minimum Gasteiger partial charge on any atom is -0.389 e. The van der Waals surface area contributed by atoms with Gasteiger partial charge in [-0.15, -0.1) is 0 Å². The van der Waals surface area contributed by atoms with E-state index in [0.717, 1.165) is 12.8 Å². The van der Waals surface area contributed by atoms with Crippen LogP contribution in [0.5, 0.6) is 0 Å². The van der Waals surface area contributed by atoms with E-state index in [1.165, 1.54) is 18.4 Å². The van der Waals surface area contributed by atoms with Crippen LogP contribution in [0.3, 0.4) is 0 Å². The zero-order chi connectivity index (χ0) is 14.8. The highest BCUT2D eigenvalue weighted by Gasteiger charge is 2.55. The summed E-state index contributed by atoms with van der Waals surface area (Å²) < 4.78 is 0. The first-order valence-corrected chi connectivity index (χ1v) is 8.46. The van der Waals surface area contributed by atoms with Gasteiger partial charge in [-0.25, -0.2) is 0 Å². The summed E-state index contributed by atoms with van der Waals surface area (Å²) in [6.07, 6.45) is 15.6. The van der Waals surface area contributed by atoms with Crippen LogP contribution in [0, 0.1) is 28.6 Å². The van der Waals surface area contributed by atoms with Gasteiger partial charge in [0.05, 0.1) is 6.10 Å². The number of nitrogens with two attached hydrogens (primary N) is 1. The van der Waals surface area contributed by atoms with Gasteiger partial charge in [0.1, 0.15) is 0 Å². The summed E-state index contributed by atoms with van der Waals surface area (Å²) in [5, 5.41) is 9.93. The number of hydrogen-bond donors (Lipinski definition) is 2. The van der Waals surface area contributed by atoms with Gasteiger partial charge < -0.3 is 10.8 Å². The first-order valence-electron chi connectivity index (χ1n) is 8.46. The van der Waals surface area contributed by atoms with E-state index in [1.807, 2.05) is 6.08 Å². The Hall–Kier alpha value is -0.860. The van der Waals surface area contributed by atoms with Crippen LogP contribution < -0.4 is 5.73 Å². The number of rotatable bonds is 0. The molecule has 0 unspecified atom stereocenters. The molecule has 1 saturated carbocycles. The number of aliphatic hydroxyl groups is 1. The monoisotopic (exact) mass is 285 g/mol. The summed E-state index contributed by atoms with van der Waals surface area (Å²) in [5.41, 5.74) is 8.27. The maximum Gasteiger partial charge on any atom is 0.0758 e. The van der Waals surface area contributed by atoms with Crippen LogP contribution in [0.1, 0.15) is 39.5 Å². The van der Waals surface area contributed by atoms with Crippen molar-refractivity contribution in [3.63, 3.8) is 0 Å². The average molecular weight is 285 g/mol. The largest absolute Gasteiger partial charge is 0.389 e. The molecule has 4 rings (SSSR count). The highest BCUT2D eigenvalue weighted by Crippen LogP contribution is 2.61. The summed E-state index contributed by atoms with van der Waals surface area (Å²) >= 11 is 0. The molecule has 3 N–H and O–H groups in total. The number of hydrogen-bond acceptors (Lipinski definition) is 2. The van der Waals surface area contributed by atoms with Crippen LogP contribution in [0.25, 0.3) is 0 Å². The molecule has 4 aliphatic rings. The van der Waals surface area contributed by atoms with Crippen molar-refractivity contribution >= 4 is 0 Å². The molecule has 0 aromatic rings. The Morgan fingerprint density at radius 3 is 2.86 bits per heavy atom. The van der Waals surface area contributed by atoms with Crippen LogP contribution in [-0.4, -0.2) is 17.3 Å². The molecule has 0 spiro atoms. The summed E-state index contributed by atoms with van der Waals surface area (Å²) in [6, 6.07) is 0.227. The van der Waals surface area contributed by atoms with Crippen molar-refractivity contribution in [2.75, 3.05) is 0 Å². The van der Waals surface area contributed by atoms with Crippen molar-refractivity contribution in [1.29, 1.82) is 0 Å². The third kappa shape index (κ3) is 1.72.